The van der Waals surface area contributed by atoms with Gasteiger partial charge in [0.2, 0.25) is 0 Å². The minimum absolute atomic E-state index is 0.712. The fourth-order valence-corrected chi connectivity index (χ4v) is 3.81. The van der Waals surface area contributed by atoms with Crippen molar-refractivity contribution in [1.29, 1.82) is 0 Å². The van der Waals surface area contributed by atoms with Crippen molar-refractivity contribution >= 4 is 21.8 Å². The summed E-state index contributed by atoms with van der Waals surface area (Å²) in [6, 6.07) is 6.19. The first kappa shape index (κ1) is 16.2. The van der Waals surface area contributed by atoms with E-state index in [4.69, 9.17) is 9.47 Å². The molecule has 0 bridgehead atoms. The molecule has 3 heterocycles. The lowest BCUT2D eigenvalue weighted by Gasteiger charge is -2.15. The first-order valence-electron chi connectivity index (χ1n) is 9.03. The van der Waals surface area contributed by atoms with E-state index in [9.17, 15) is 0 Å². The van der Waals surface area contributed by atoms with Crippen molar-refractivity contribution in [3.8, 4) is 11.5 Å². The smallest absolute Gasteiger partial charge is 0.163 e. The number of fused-ring (bicyclic) bond motifs is 3. The van der Waals surface area contributed by atoms with Gasteiger partial charge < -0.3 is 18.9 Å². The van der Waals surface area contributed by atoms with Crippen molar-refractivity contribution in [2.24, 2.45) is 7.05 Å². The number of pyridine rings is 1. The van der Waals surface area contributed by atoms with E-state index in [0.717, 1.165) is 40.8 Å². The Morgan fingerprint density at radius 2 is 1.92 bits per heavy atom. The highest BCUT2D eigenvalue weighted by atomic mass is 16.5. The summed E-state index contributed by atoms with van der Waals surface area (Å²) in [5.74, 6) is 1.60. The van der Waals surface area contributed by atoms with Crippen LogP contribution >= 0.6 is 0 Å². The zero-order valence-corrected chi connectivity index (χ0v) is 15.0. The number of aromatic nitrogens is 2. The van der Waals surface area contributed by atoms with Crippen molar-refractivity contribution in [3.63, 3.8) is 0 Å². The molecule has 1 aliphatic rings. The predicted octanol–water partition coefficient (Wildman–Crippen LogP) is 3.60. The molecule has 0 N–H and O–H groups in total. The Morgan fingerprint density at radius 3 is 2.72 bits per heavy atom. The molecule has 0 radical (unpaired) electrons. The summed E-state index contributed by atoms with van der Waals surface area (Å²) in [5, 5.41) is 2.28. The monoisotopic (exact) mass is 339 g/mol. The molecule has 132 valence electrons. The molecular weight excluding hydrogens is 314 g/mol. The number of benzene rings is 1. The highest BCUT2D eigenvalue weighted by Gasteiger charge is 2.14. The second-order valence-electron chi connectivity index (χ2n) is 6.72. The largest absolute Gasteiger partial charge is 0.493 e. The molecule has 0 spiro atoms. The molecule has 0 saturated carbocycles. The van der Waals surface area contributed by atoms with E-state index < -0.39 is 0 Å². The van der Waals surface area contributed by atoms with Gasteiger partial charge in [-0.05, 0) is 44.5 Å². The standard InChI is InChI=1S/C20H25N3O2/c1-22-17-6-7-21-14-16(17)15-12-19(24-2)20(13-18(15)22)25-11-5-10-23-8-3-4-9-23/h6-7,12-14H,3-5,8-11H2,1-2H3. The summed E-state index contributed by atoms with van der Waals surface area (Å²) >= 11 is 0. The lowest BCUT2D eigenvalue weighted by atomic mass is 10.2. The molecule has 1 saturated heterocycles. The molecule has 1 aromatic carbocycles. The van der Waals surface area contributed by atoms with Gasteiger partial charge in [0, 0.05) is 42.8 Å². The number of ether oxygens (including phenoxy) is 2. The third-order valence-corrected chi connectivity index (χ3v) is 5.17. The van der Waals surface area contributed by atoms with Gasteiger partial charge in [-0.2, -0.15) is 0 Å². The summed E-state index contributed by atoms with van der Waals surface area (Å²) in [7, 11) is 3.77. The predicted molar refractivity (Wildman–Crippen MR) is 101 cm³/mol. The number of rotatable bonds is 6. The first-order chi connectivity index (χ1) is 12.3. The number of likely N-dealkylation sites (tertiary alicyclic amines) is 1. The molecule has 0 unspecified atom stereocenters. The fraction of sp³-hybridized carbons (Fsp3) is 0.450. The Kier molecular flexibility index (Phi) is 4.49. The van der Waals surface area contributed by atoms with Gasteiger partial charge in [-0.25, -0.2) is 0 Å². The molecule has 0 amide bonds. The minimum Gasteiger partial charge on any atom is -0.493 e. The summed E-state index contributed by atoms with van der Waals surface area (Å²) < 4.78 is 13.8. The van der Waals surface area contributed by atoms with E-state index in [0.29, 0.717) is 6.61 Å². The summed E-state index contributed by atoms with van der Waals surface area (Å²) in [6.07, 6.45) is 7.45. The number of methoxy groups -OCH3 is 1. The van der Waals surface area contributed by atoms with Crippen LogP contribution in [0.4, 0.5) is 0 Å². The van der Waals surface area contributed by atoms with Crippen LogP contribution in [-0.4, -0.2) is 47.8 Å². The molecule has 25 heavy (non-hydrogen) atoms. The number of hydrogen-bond acceptors (Lipinski definition) is 4. The van der Waals surface area contributed by atoms with E-state index in [-0.39, 0.29) is 0 Å². The quantitative estimate of drug-likeness (QED) is 0.643. The molecule has 2 aromatic heterocycles. The summed E-state index contributed by atoms with van der Waals surface area (Å²) in [6.45, 7) is 4.30. The van der Waals surface area contributed by atoms with E-state index in [1.165, 1.54) is 31.4 Å². The van der Waals surface area contributed by atoms with E-state index in [1.807, 2.05) is 18.5 Å². The second-order valence-corrected chi connectivity index (χ2v) is 6.72. The first-order valence-corrected chi connectivity index (χ1v) is 9.03. The molecule has 0 aliphatic carbocycles. The van der Waals surface area contributed by atoms with Crippen LogP contribution in [0, 0.1) is 0 Å². The van der Waals surface area contributed by atoms with Crippen molar-refractivity contribution in [2.75, 3.05) is 33.4 Å². The van der Waals surface area contributed by atoms with Crippen LogP contribution in [-0.2, 0) is 7.05 Å². The average molecular weight is 339 g/mol. The maximum Gasteiger partial charge on any atom is 0.163 e. The summed E-state index contributed by atoms with van der Waals surface area (Å²) in [4.78, 5) is 6.78. The van der Waals surface area contributed by atoms with E-state index >= 15 is 0 Å². The van der Waals surface area contributed by atoms with Crippen LogP contribution in [0.25, 0.3) is 21.8 Å². The lowest BCUT2D eigenvalue weighted by molar-refractivity contribution is 0.254. The Balaban J connectivity index is 1.57. The van der Waals surface area contributed by atoms with Crippen LogP contribution in [0.2, 0.25) is 0 Å². The topological polar surface area (TPSA) is 39.5 Å². The SMILES string of the molecule is COc1cc2c3cnccc3n(C)c2cc1OCCCN1CCCC1. The van der Waals surface area contributed by atoms with E-state index in [2.05, 4.69) is 33.6 Å². The van der Waals surface area contributed by atoms with Crippen LogP contribution in [0.5, 0.6) is 11.5 Å². The average Bonchev–Trinajstić information content (AvgIpc) is 3.26. The lowest BCUT2D eigenvalue weighted by Crippen LogP contribution is -2.21. The number of hydrogen-bond donors (Lipinski definition) is 0. The minimum atomic E-state index is 0.712. The van der Waals surface area contributed by atoms with Crippen LogP contribution in [0.3, 0.4) is 0 Å². The molecule has 1 aliphatic heterocycles. The molecular formula is C20H25N3O2. The maximum absolute atomic E-state index is 6.07. The van der Waals surface area contributed by atoms with Crippen molar-refractivity contribution in [1.82, 2.24) is 14.5 Å². The molecule has 5 nitrogen and oxygen atoms in total. The zero-order valence-electron chi connectivity index (χ0n) is 15.0. The number of aryl methyl sites for hydroxylation is 1. The Bertz CT molecular complexity index is 881. The van der Waals surface area contributed by atoms with Gasteiger partial charge >= 0.3 is 0 Å². The van der Waals surface area contributed by atoms with Gasteiger partial charge in [-0.15, -0.1) is 0 Å². The molecule has 5 heteroatoms. The summed E-state index contributed by atoms with van der Waals surface area (Å²) in [5.41, 5.74) is 2.30. The van der Waals surface area contributed by atoms with Gasteiger partial charge in [0.05, 0.1) is 24.8 Å². The molecule has 1 fully saturated rings. The van der Waals surface area contributed by atoms with Gasteiger partial charge in [0.15, 0.2) is 11.5 Å². The third-order valence-electron chi connectivity index (χ3n) is 5.17. The number of nitrogens with zero attached hydrogens (tertiary/aromatic N) is 3. The zero-order chi connectivity index (χ0) is 17.2. The Labute approximate surface area is 148 Å². The van der Waals surface area contributed by atoms with Gasteiger partial charge in [0.1, 0.15) is 0 Å². The fourth-order valence-electron chi connectivity index (χ4n) is 3.81. The van der Waals surface area contributed by atoms with Crippen molar-refractivity contribution in [3.05, 3.63) is 30.6 Å². The van der Waals surface area contributed by atoms with Gasteiger partial charge in [0.25, 0.3) is 0 Å². The van der Waals surface area contributed by atoms with Gasteiger partial charge in [-0.3, -0.25) is 4.98 Å². The van der Waals surface area contributed by atoms with Crippen LogP contribution in [0.1, 0.15) is 19.3 Å². The van der Waals surface area contributed by atoms with Crippen LogP contribution in [0.15, 0.2) is 30.6 Å². The Morgan fingerprint density at radius 1 is 1.08 bits per heavy atom. The van der Waals surface area contributed by atoms with Crippen molar-refractivity contribution < 1.29 is 9.47 Å². The van der Waals surface area contributed by atoms with Crippen molar-refractivity contribution in [2.45, 2.75) is 19.3 Å². The highest BCUT2D eigenvalue weighted by molar-refractivity contribution is 6.08. The second kappa shape index (κ2) is 6.92. The molecule has 4 rings (SSSR count). The highest BCUT2D eigenvalue weighted by Crippen LogP contribution is 2.37. The molecule has 0 atom stereocenters. The third kappa shape index (κ3) is 3.04. The van der Waals surface area contributed by atoms with E-state index in [1.54, 1.807) is 7.11 Å². The van der Waals surface area contributed by atoms with Gasteiger partial charge in [-0.1, -0.05) is 0 Å². The maximum atomic E-state index is 6.07. The molecule has 3 aromatic rings. The normalized spacial score (nSPS) is 15.3. The van der Waals surface area contributed by atoms with Crippen LogP contribution < -0.4 is 9.47 Å². The Hall–Kier alpha value is -2.27.